The second-order valence-corrected chi connectivity index (χ2v) is 6.23. The van der Waals surface area contributed by atoms with Gasteiger partial charge in [0.05, 0.1) is 17.1 Å². The van der Waals surface area contributed by atoms with Gasteiger partial charge in [0.15, 0.2) is 0 Å². The van der Waals surface area contributed by atoms with Gasteiger partial charge in [-0.1, -0.05) is 72.8 Å². The van der Waals surface area contributed by atoms with Crippen LogP contribution < -0.4 is 0 Å². The highest BCUT2D eigenvalue weighted by Gasteiger charge is 2.23. The Morgan fingerprint density at radius 2 is 1.32 bits per heavy atom. The van der Waals surface area contributed by atoms with Crippen molar-refractivity contribution in [3.05, 3.63) is 102 Å². The van der Waals surface area contributed by atoms with E-state index in [9.17, 15) is 5.11 Å². The molecule has 0 saturated heterocycles. The number of aliphatic hydroxyl groups excluding tert-OH is 1. The van der Waals surface area contributed by atoms with E-state index < -0.39 is 6.10 Å². The number of rotatable bonds is 4. The van der Waals surface area contributed by atoms with Crippen molar-refractivity contribution in [2.45, 2.75) is 19.1 Å². The Morgan fingerprint density at radius 3 is 2.00 bits per heavy atom. The second-order valence-electron chi connectivity index (χ2n) is 6.23. The first-order valence-corrected chi connectivity index (χ1v) is 8.50. The molecule has 0 amide bonds. The third-order valence-corrected chi connectivity index (χ3v) is 4.65. The fraction of sp³-hybridized carbons (Fsp3) is 0.136. The average Bonchev–Trinajstić information content (AvgIpc) is 3.07. The number of aromatic nitrogens is 2. The molecule has 124 valence electrons. The quantitative estimate of drug-likeness (QED) is 0.588. The van der Waals surface area contributed by atoms with E-state index in [2.05, 4.69) is 29.7 Å². The molecule has 25 heavy (non-hydrogen) atoms. The van der Waals surface area contributed by atoms with E-state index in [-0.39, 0.29) is 6.04 Å². The zero-order valence-corrected chi connectivity index (χ0v) is 14.1. The summed E-state index contributed by atoms with van der Waals surface area (Å²) in [5.74, 6) is 0.670. The van der Waals surface area contributed by atoms with Gasteiger partial charge < -0.3 is 9.67 Å². The van der Waals surface area contributed by atoms with Crippen molar-refractivity contribution in [1.29, 1.82) is 0 Å². The molecule has 0 saturated carbocycles. The molecular weight excluding hydrogens is 308 g/mol. The Balaban J connectivity index is 1.90. The summed E-state index contributed by atoms with van der Waals surface area (Å²) in [7, 11) is 0. The third kappa shape index (κ3) is 2.83. The van der Waals surface area contributed by atoms with Crippen molar-refractivity contribution in [3.63, 3.8) is 0 Å². The summed E-state index contributed by atoms with van der Waals surface area (Å²) in [4.78, 5) is 4.75. The second kappa shape index (κ2) is 6.54. The summed E-state index contributed by atoms with van der Waals surface area (Å²) in [5.41, 5.74) is 3.96. The predicted octanol–water partition coefficient (Wildman–Crippen LogP) is 4.73. The lowest BCUT2D eigenvalue weighted by atomic mass is 10.1. The van der Waals surface area contributed by atoms with Crippen LogP contribution in [-0.2, 0) is 0 Å². The Kier molecular flexibility index (Phi) is 4.08. The molecule has 4 rings (SSSR count). The summed E-state index contributed by atoms with van der Waals surface area (Å²) >= 11 is 0. The maximum absolute atomic E-state index is 11.0. The minimum Gasteiger partial charge on any atom is -0.380 e. The van der Waals surface area contributed by atoms with Crippen LogP contribution in [0.2, 0.25) is 0 Å². The van der Waals surface area contributed by atoms with Crippen molar-refractivity contribution in [2.75, 3.05) is 0 Å². The SMILES string of the molecule is C[C@@H](c1ccccc1)n1c([C@H](O)c2ccccc2)nc2ccccc21. The number of benzene rings is 3. The van der Waals surface area contributed by atoms with Crippen LogP contribution in [0.1, 0.15) is 36.0 Å². The van der Waals surface area contributed by atoms with Crippen LogP contribution in [-0.4, -0.2) is 14.7 Å². The Labute approximate surface area is 147 Å². The monoisotopic (exact) mass is 328 g/mol. The molecule has 3 heteroatoms. The van der Waals surface area contributed by atoms with E-state index in [0.717, 1.165) is 16.6 Å². The van der Waals surface area contributed by atoms with Crippen molar-refractivity contribution in [1.82, 2.24) is 9.55 Å². The van der Waals surface area contributed by atoms with Crippen LogP contribution in [0.5, 0.6) is 0 Å². The van der Waals surface area contributed by atoms with Gasteiger partial charge in [0.2, 0.25) is 0 Å². The molecule has 0 aliphatic rings. The van der Waals surface area contributed by atoms with Crippen LogP contribution in [0.3, 0.4) is 0 Å². The normalized spacial score (nSPS) is 13.7. The lowest BCUT2D eigenvalue weighted by Gasteiger charge is -2.21. The van der Waals surface area contributed by atoms with E-state index in [1.54, 1.807) is 0 Å². The molecule has 1 aromatic heterocycles. The molecule has 0 spiro atoms. The van der Waals surface area contributed by atoms with Crippen LogP contribution in [0.4, 0.5) is 0 Å². The molecule has 3 nitrogen and oxygen atoms in total. The van der Waals surface area contributed by atoms with Gasteiger partial charge in [-0.3, -0.25) is 0 Å². The molecule has 4 aromatic rings. The third-order valence-electron chi connectivity index (χ3n) is 4.65. The first kappa shape index (κ1) is 15.6. The largest absolute Gasteiger partial charge is 0.380 e. The number of aliphatic hydroxyl groups is 1. The standard InChI is InChI=1S/C22H20N2O/c1-16(17-10-4-2-5-11-17)24-20-15-9-8-14-19(20)23-22(24)21(25)18-12-6-3-7-13-18/h2-16,21,25H,1H3/t16-,21+/m0/s1. The van der Waals surface area contributed by atoms with E-state index in [0.29, 0.717) is 5.82 Å². The molecule has 3 aromatic carbocycles. The van der Waals surface area contributed by atoms with Crippen molar-refractivity contribution < 1.29 is 5.11 Å². The van der Waals surface area contributed by atoms with Gasteiger partial charge in [0.1, 0.15) is 11.9 Å². The van der Waals surface area contributed by atoms with E-state index in [1.807, 2.05) is 66.7 Å². The summed E-state index contributed by atoms with van der Waals surface area (Å²) in [6, 6.07) is 28.1. The van der Waals surface area contributed by atoms with Gasteiger partial charge in [-0.2, -0.15) is 0 Å². The molecule has 0 unspecified atom stereocenters. The zero-order valence-electron chi connectivity index (χ0n) is 14.1. The minimum absolute atomic E-state index is 0.0713. The smallest absolute Gasteiger partial charge is 0.144 e. The lowest BCUT2D eigenvalue weighted by Crippen LogP contribution is -2.14. The topological polar surface area (TPSA) is 38.0 Å². The maximum Gasteiger partial charge on any atom is 0.144 e. The van der Waals surface area contributed by atoms with Gasteiger partial charge in [0.25, 0.3) is 0 Å². The van der Waals surface area contributed by atoms with Gasteiger partial charge >= 0.3 is 0 Å². The molecule has 0 fully saturated rings. The fourth-order valence-electron chi connectivity index (χ4n) is 3.33. The summed E-state index contributed by atoms with van der Waals surface area (Å²) in [6.45, 7) is 2.14. The lowest BCUT2D eigenvalue weighted by molar-refractivity contribution is 0.204. The van der Waals surface area contributed by atoms with E-state index in [4.69, 9.17) is 4.98 Å². The summed E-state index contributed by atoms with van der Waals surface area (Å²) in [5, 5.41) is 11.0. The van der Waals surface area contributed by atoms with E-state index >= 15 is 0 Å². The Morgan fingerprint density at radius 1 is 0.760 bits per heavy atom. The zero-order chi connectivity index (χ0) is 17.2. The van der Waals surface area contributed by atoms with Crippen LogP contribution in [0.15, 0.2) is 84.9 Å². The van der Waals surface area contributed by atoms with Crippen molar-refractivity contribution >= 4 is 11.0 Å². The predicted molar refractivity (Wildman–Crippen MR) is 100 cm³/mol. The number of hydrogen-bond acceptors (Lipinski definition) is 2. The molecule has 0 bridgehead atoms. The molecular formula is C22H20N2O. The number of hydrogen-bond donors (Lipinski definition) is 1. The fourth-order valence-corrected chi connectivity index (χ4v) is 3.33. The number of imidazole rings is 1. The van der Waals surface area contributed by atoms with E-state index in [1.165, 1.54) is 5.56 Å². The highest BCUT2D eigenvalue weighted by molar-refractivity contribution is 5.76. The van der Waals surface area contributed by atoms with Crippen molar-refractivity contribution in [2.24, 2.45) is 0 Å². The van der Waals surface area contributed by atoms with Crippen LogP contribution in [0.25, 0.3) is 11.0 Å². The Bertz CT molecular complexity index is 977. The molecule has 2 atom stereocenters. The Hall–Kier alpha value is -2.91. The summed E-state index contributed by atoms with van der Waals surface area (Å²) in [6.07, 6.45) is -0.764. The van der Waals surface area contributed by atoms with Gasteiger partial charge in [-0.05, 0) is 30.2 Å². The first-order chi connectivity index (χ1) is 12.3. The number of nitrogens with zero attached hydrogens (tertiary/aromatic N) is 2. The summed E-state index contributed by atoms with van der Waals surface area (Å²) < 4.78 is 2.14. The molecule has 0 aliphatic heterocycles. The van der Waals surface area contributed by atoms with Crippen molar-refractivity contribution in [3.8, 4) is 0 Å². The van der Waals surface area contributed by atoms with Gasteiger partial charge in [-0.15, -0.1) is 0 Å². The molecule has 0 radical (unpaired) electrons. The highest BCUT2D eigenvalue weighted by Crippen LogP contribution is 2.31. The number of para-hydroxylation sites is 2. The highest BCUT2D eigenvalue weighted by atomic mass is 16.3. The van der Waals surface area contributed by atoms with Gasteiger partial charge in [-0.25, -0.2) is 4.98 Å². The minimum atomic E-state index is -0.764. The van der Waals surface area contributed by atoms with Crippen LogP contribution >= 0.6 is 0 Å². The molecule has 1 N–H and O–H groups in total. The molecule has 0 aliphatic carbocycles. The van der Waals surface area contributed by atoms with Crippen LogP contribution in [0, 0.1) is 0 Å². The molecule has 1 heterocycles. The number of fused-ring (bicyclic) bond motifs is 1. The first-order valence-electron chi connectivity index (χ1n) is 8.50. The maximum atomic E-state index is 11.0. The average molecular weight is 328 g/mol. The van der Waals surface area contributed by atoms with Gasteiger partial charge in [0, 0.05) is 0 Å².